The summed E-state index contributed by atoms with van der Waals surface area (Å²) >= 11 is 1.71. The molecule has 1 aliphatic carbocycles. The van der Waals surface area contributed by atoms with Crippen molar-refractivity contribution in [3.63, 3.8) is 0 Å². The molecule has 4 rings (SSSR count). The smallest absolute Gasteiger partial charge is 0.244 e. The highest BCUT2D eigenvalue weighted by Crippen LogP contribution is 2.42. The van der Waals surface area contributed by atoms with Crippen molar-refractivity contribution < 1.29 is 4.79 Å². The highest BCUT2D eigenvalue weighted by Gasteiger charge is 2.46. The summed E-state index contributed by atoms with van der Waals surface area (Å²) in [6.07, 6.45) is 6.38. The summed E-state index contributed by atoms with van der Waals surface area (Å²) in [6, 6.07) is 2.73. The number of hydrogen-bond donors (Lipinski definition) is 2. The van der Waals surface area contributed by atoms with Crippen molar-refractivity contribution in [2.45, 2.75) is 31.0 Å². The van der Waals surface area contributed by atoms with Gasteiger partial charge >= 0.3 is 0 Å². The Morgan fingerprint density at radius 3 is 3.05 bits per heavy atom. The molecule has 0 radical (unpaired) electrons. The van der Waals surface area contributed by atoms with E-state index in [1.807, 2.05) is 12.2 Å². The van der Waals surface area contributed by atoms with Gasteiger partial charge in [-0.3, -0.25) is 4.79 Å². The van der Waals surface area contributed by atoms with Gasteiger partial charge in [0.2, 0.25) is 5.91 Å². The van der Waals surface area contributed by atoms with E-state index in [9.17, 15) is 4.79 Å². The molecule has 3 N–H and O–H groups in total. The zero-order valence-corrected chi connectivity index (χ0v) is 11.4. The van der Waals surface area contributed by atoms with Gasteiger partial charge in [0.25, 0.3) is 0 Å². The summed E-state index contributed by atoms with van der Waals surface area (Å²) < 4.78 is 0. The van der Waals surface area contributed by atoms with E-state index in [0.717, 1.165) is 12.5 Å². The van der Waals surface area contributed by atoms with Crippen LogP contribution in [0.5, 0.6) is 0 Å². The molecule has 1 aromatic heterocycles. The zero-order valence-electron chi connectivity index (χ0n) is 10.6. The maximum atomic E-state index is 11.8. The summed E-state index contributed by atoms with van der Waals surface area (Å²) in [5.74, 6) is 0.510. The van der Waals surface area contributed by atoms with Crippen molar-refractivity contribution >= 4 is 28.3 Å². The number of nitrogens with zero attached hydrogens (tertiary/aromatic N) is 1. The van der Waals surface area contributed by atoms with E-state index in [4.69, 9.17) is 5.73 Å². The van der Waals surface area contributed by atoms with Gasteiger partial charge in [-0.05, 0) is 36.8 Å². The van der Waals surface area contributed by atoms with Crippen molar-refractivity contribution in [1.82, 2.24) is 5.32 Å². The first-order valence-corrected chi connectivity index (χ1v) is 7.69. The Morgan fingerprint density at radius 2 is 2.37 bits per heavy atom. The lowest BCUT2D eigenvalue weighted by Crippen LogP contribution is -2.56. The molecule has 1 saturated carbocycles. The number of anilines is 1. The van der Waals surface area contributed by atoms with E-state index in [2.05, 4.69) is 21.7 Å². The lowest BCUT2D eigenvalue weighted by atomic mass is 10.00. The van der Waals surface area contributed by atoms with E-state index >= 15 is 0 Å². The number of carbonyl (C=O) groups excluding carboxylic acids is 1. The molecule has 1 saturated heterocycles. The number of carbonyl (C=O) groups is 1. The van der Waals surface area contributed by atoms with Crippen molar-refractivity contribution in [1.29, 1.82) is 0 Å². The molecule has 2 fully saturated rings. The fourth-order valence-electron chi connectivity index (χ4n) is 3.78. The van der Waals surface area contributed by atoms with Gasteiger partial charge in [0.05, 0.1) is 5.00 Å². The van der Waals surface area contributed by atoms with Crippen LogP contribution in [0.1, 0.15) is 18.4 Å². The average molecular weight is 275 g/mol. The van der Waals surface area contributed by atoms with Crippen molar-refractivity contribution in [3.8, 4) is 0 Å². The van der Waals surface area contributed by atoms with Gasteiger partial charge < -0.3 is 16.0 Å². The average Bonchev–Trinajstić information content (AvgIpc) is 3.12. The number of nitrogens with two attached hydrogens (primary N) is 1. The maximum absolute atomic E-state index is 11.8. The maximum Gasteiger partial charge on any atom is 0.244 e. The molecule has 5 heteroatoms. The molecule has 4 nitrogen and oxygen atoms in total. The van der Waals surface area contributed by atoms with Crippen LogP contribution in [0.15, 0.2) is 17.5 Å². The largest absolute Gasteiger partial charge is 0.368 e. The summed E-state index contributed by atoms with van der Waals surface area (Å²) in [6.45, 7) is 1.13. The van der Waals surface area contributed by atoms with Gasteiger partial charge in [-0.25, -0.2) is 0 Å². The molecule has 1 amide bonds. The highest BCUT2D eigenvalue weighted by molar-refractivity contribution is 7.14. The molecule has 3 aliphatic rings. The minimum absolute atomic E-state index is 0.252. The van der Waals surface area contributed by atoms with Crippen molar-refractivity contribution in [3.05, 3.63) is 23.1 Å². The van der Waals surface area contributed by atoms with Crippen LogP contribution >= 0.6 is 11.3 Å². The Hall–Kier alpha value is -1.33. The number of hydrogen-bond acceptors (Lipinski definition) is 4. The fraction of sp³-hybridized carbons (Fsp3) is 0.500. The number of thiophene rings is 1. The topological polar surface area (TPSA) is 58.4 Å². The zero-order chi connectivity index (χ0) is 13.0. The lowest BCUT2D eigenvalue weighted by Gasteiger charge is -2.41. The van der Waals surface area contributed by atoms with Gasteiger partial charge in [-0.2, -0.15) is 0 Å². The predicted octanol–water partition coefficient (Wildman–Crippen LogP) is 1.19. The SMILES string of the molecule is NC(=O)C1C=Cc2ccsc2N1C1CC2CNC1C2. The molecular formula is C14H17N3OS. The number of piperidine rings is 1. The first kappa shape index (κ1) is 11.5. The van der Waals surface area contributed by atoms with Gasteiger partial charge in [-0.15, -0.1) is 11.3 Å². The van der Waals surface area contributed by atoms with E-state index in [1.165, 1.54) is 23.4 Å². The van der Waals surface area contributed by atoms with Gasteiger partial charge in [0.1, 0.15) is 6.04 Å². The molecule has 2 aliphatic heterocycles. The molecule has 0 spiro atoms. The van der Waals surface area contributed by atoms with E-state index in [1.54, 1.807) is 11.3 Å². The number of nitrogens with one attached hydrogen (secondary N) is 1. The number of rotatable bonds is 2. The molecule has 4 unspecified atom stereocenters. The number of primary amides is 1. The van der Waals surface area contributed by atoms with Crippen LogP contribution in [-0.2, 0) is 4.79 Å². The van der Waals surface area contributed by atoms with Gasteiger partial charge in [0, 0.05) is 17.6 Å². The van der Waals surface area contributed by atoms with Crippen LogP contribution in [-0.4, -0.2) is 30.6 Å². The van der Waals surface area contributed by atoms with E-state index in [-0.39, 0.29) is 11.9 Å². The van der Waals surface area contributed by atoms with E-state index in [0.29, 0.717) is 12.1 Å². The molecule has 4 atom stereocenters. The summed E-state index contributed by atoms with van der Waals surface area (Å²) in [7, 11) is 0. The summed E-state index contributed by atoms with van der Waals surface area (Å²) in [5.41, 5.74) is 6.81. The van der Waals surface area contributed by atoms with Crippen LogP contribution in [0.4, 0.5) is 5.00 Å². The quantitative estimate of drug-likeness (QED) is 0.852. The summed E-state index contributed by atoms with van der Waals surface area (Å²) in [4.78, 5) is 14.0. The van der Waals surface area contributed by atoms with Crippen LogP contribution in [0.2, 0.25) is 0 Å². The Labute approximate surface area is 116 Å². The second-order valence-corrected chi connectivity index (χ2v) is 6.61. The second kappa shape index (κ2) is 4.08. The Balaban J connectivity index is 1.74. The standard InChI is InChI=1S/C14H17N3OS/c15-13(18)11-2-1-9-3-4-19-14(9)17(11)12-6-8-5-10(12)16-7-8/h1-4,8,10-12,16H,5-7H2,(H2,15,18). The molecule has 1 aromatic rings. The predicted molar refractivity (Wildman–Crippen MR) is 77.1 cm³/mol. The van der Waals surface area contributed by atoms with Crippen molar-refractivity contribution in [2.24, 2.45) is 11.7 Å². The fourth-order valence-corrected chi connectivity index (χ4v) is 4.77. The van der Waals surface area contributed by atoms with Gasteiger partial charge in [0.15, 0.2) is 0 Å². The number of amides is 1. The Bertz CT molecular complexity index is 553. The molecule has 100 valence electrons. The van der Waals surface area contributed by atoms with Crippen LogP contribution in [0.3, 0.4) is 0 Å². The van der Waals surface area contributed by atoms with Crippen LogP contribution in [0.25, 0.3) is 6.08 Å². The Morgan fingerprint density at radius 1 is 1.47 bits per heavy atom. The molecule has 3 heterocycles. The minimum Gasteiger partial charge on any atom is -0.368 e. The lowest BCUT2D eigenvalue weighted by molar-refractivity contribution is -0.118. The first-order chi connectivity index (χ1) is 9.24. The highest BCUT2D eigenvalue weighted by atomic mass is 32.1. The van der Waals surface area contributed by atoms with E-state index < -0.39 is 0 Å². The van der Waals surface area contributed by atoms with Gasteiger partial charge in [-0.1, -0.05) is 12.2 Å². The Kier molecular flexibility index (Phi) is 2.47. The molecule has 2 bridgehead atoms. The third-order valence-corrected chi connectivity index (χ3v) is 5.55. The monoisotopic (exact) mass is 275 g/mol. The summed E-state index contributed by atoms with van der Waals surface area (Å²) in [5, 5.41) is 6.86. The van der Waals surface area contributed by atoms with Crippen LogP contribution < -0.4 is 16.0 Å². The second-order valence-electron chi connectivity index (χ2n) is 5.71. The number of fused-ring (bicyclic) bond motifs is 3. The normalized spacial score (nSPS) is 35.7. The molecule has 19 heavy (non-hydrogen) atoms. The third kappa shape index (κ3) is 1.65. The van der Waals surface area contributed by atoms with Crippen molar-refractivity contribution in [2.75, 3.05) is 11.4 Å². The minimum atomic E-state index is -0.294. The molecule has 0 aromatic carbocycles. The first-order valence-electron chi connectivity index (χ1n) is 6.81. The third-order valence-electron chi connectivity index (χ3n) is 4.61. The molecular weight excluding hydrogens is 258 g/mol. The van der Waals surface area contributed by atoms with Crippen LogP contribution in [0, 0.1) is 5.92 Å².